The monoisotopic (exact) mass is 473 g/mol. The molecule has 0 aromatic heterocycles. The van der Waals surface area contributed by atoms with Gasteiger partial charge >= 0.3 is 0 Å². The molecule has 1 heterocycles. The average Bonchev–Trinajstić information content (AvgIpc) is 3.41. The Morgan fingerprint density at radius 1 is 0.806 bits per heavy atom. The van der Waals surface area contributed by atoms with Gasteiger partial charge in [-0.05, 0) is 78.1 Å². The Labute approximate surface area is 210 Å². The molecule has 0 spiro atoms. The number of nitrogens with one attached hydrogen (secondary N) is 3. The van der Waals surface area contributed by atoms with E-state index in [-0.39, 0.29) is 23.6 Å². The van der Waals surface area contributed by atoms with E-state index in [2.05, 4.69) is 34.2 Å². The molecule has 0 saturated carbocycles. The van der Waals surface area contributed by atoms with Gasteiger partial charge in [-0.1, -0.05) is 54.6 Å². The number of hydrogen-bond acceptors (Lipinski definition) is 4. The molecule has 0 fully saturated rings. The molecule has 4 aromatic rings. The van der Waals surface area contributed by atoms with Gasteiger partial charge in [-0.25, -0.2) is 0 Å². The summed E-state index contributed by atoms with van der Waals surface area (Å²) in [4.78, 5) is 13.4. The summed E-state index contributed by atoms with van der Waals surface area (Å²) in [5.41, 5.74) is 6.46. The second-order valence-electron chi connectivity index (χ2n) is 9.36. The molecule has 36 heavy (non-hydrogen) atoms. The van der Waals surface area contributed by atoms with Crippen LogP contribution in [0.5, 0.6) is 5.75 Å². The molecule has 1 amide bonds. The standard InChI is InChI=1S/C31H27N3O2/c35-24-18-12-20(13-19-24)29-26-9-4-8-25(26)27-10-5-11-28(30(27)34-29)31(36)33-23-16-14-22(15-17-23)32-21-6-2-1-3-7-21/h1-8,10-19,25-26,29,32,34-35H,9H2,(H,33,36). The van der Waals surface area contributed by atoms with E-state index in [0.29, 0.717) is 11.5 Å². The molecular weight excluding hydrogens is 446 g/mol. The van der Waals surface area contributed by atoms with Crippen molar-refractivity contribution in [1.82, 2.24) is 0 Å². The summed E-state index contributed by atoms with van der Waals surface area (Å²) in [5, 5.41) is 19.9. The maximum atomic E-state index is 13.4. The number of phenolic OH excluding ortho intramolecular Hbond substituents is 1. The predicted octanol–water partition coefficient (Wildman–Crippen LogP) is 7.21. The maximum absolute atomic E-state index is 13.4. The first kappa shape index (κ1) is 22.0. The highest BCUT2D eigenvalue weighted by atomic mass is 16.3. The van der Waals surface area contributed by atoms with Crippen LogP contribution in [0.2, 0.25) is 0 Å². The van der Waals surface area contributed by atoms with Gasteiger partial charge in [-0.2, -0.15) is 0 Å². The Balaban J connectivity index is 1.25. The van der Waals surface area contributed by atoms with Gasteiger partial charge < -0.3 is 21.1 Å². The lowest BCUT2D eigenvalue weighted by Crippen LogP contribution is -2.30. The normalized spacial score (nSPS) is 19.6. The number of fused-ring (bicyclic) bond motifs is 3. The molecule has 5 heteroatoms. The Bertz CT molecular complexity index is 1410. The second kappa shape index (κ2) is 9.27. The van der Waals surface area contributed by atoms with Gasteiger partial charge in [-0.3, -0.25) is 4.79 Å². The highest BCUT2D eigenvalue weighted by Gasteiger charge is 2.39. The van der Waals surface area contributed by atoms with Gasteiger partial charge in [0.25, 0.3) is 5.91 Å². The van der Waals surface area contributed by atoms with Gasteiger partial charge in [0, 0.05) is 23.0 Å². The maximum Gasteiger partial charge on any atom is 0.257 e. The van der Waals surface area contributed by atoms with Gasteiger partial charge in [0.05, 0.1) is 17.3 Å². The van der Waals surface area contributed by atoms with Gasteiger partial charge in [-0.15, -0.1) is 0 Å². The number of amides is 1. The highest BCUT2D eigenvalue weighted by molar-refractivity contribution is 6.08. The highest BCUT2D eigenvalue weighted by Crippen LogP contribution is 2.50. The molecule has 6 rings (SSSR count). The summed E-state index contributed by atoms with van der Waals surface area (Å²) in [7, 11) is 0. The van der Waals surface area contributed by atoms with Crippen LogP contribution in [0.1, 0.15) is 39.9 Å². The first-order chi connectivity index (χ1) is 17.7. The Kier molecular flexibility index (Phi) is 5.66. The van der Waals surface area contributed by atoms with Crippen LogP contribution in [0.15, 0.2) is 109 Å². The van der Waals surface area contributed by atoms with Crippen LogP contribution in [0.3, 0.4) is 0 Å². The zero-order valence-corrected chi connectivity index (χ0v) is 19.7. The average molecular weight is 474 g/mol. The molecule has 1 aliphatic carbocycles. The van der Waals surface area contributed by atoms with Crippen molar-refractivity contribution in [2.45, 2.75) is 18.4 Å². The minimum atomic E-state index is -0.145. The smallest absolute Gasteiger partial charge is 0.257 e. The summed E-state index contributed by atoms with van der Waals surface area (Å²) in [5.74, 6) is 0.718. The number of carbonyl (C=O) groups excluding carboxylic acids is 1. The summed E-state index contributed by atoms with van der Waals surface area (Å²) in [6.45, 7) is 0. The molecule has 3 atom stereocenters. The van der Waals surface area contributed by atoms with Gasteiger partial charge in [0.1, 0.15) is 5.75 Å². The fraction of sp³-hybridized carbons (Fsp3) is 0.129. The number of aromatic hydroxyl groups is 1. The molecule has 0 radical (unpaired) electrons. The molecule has 4 N–H and O–H groups in total. The third kappa shape index (κ3) is 4.20. The summed E-state index contributed by atoms with van der Waals surface area (Å²) in [6, 6.07) is 31.1. The minimum Gasteiger partial charge on any atom is -0.508 e. The van der Waals surface area contributed by atoms with Crippen molar-refractivity contribution in [1.29, 1.82) is 0 Å². The molecule has 3 unspecified atom stereocenters. The summed E-state index contributed by atoms with van der Waals surface area (Å²) in [6.07, 6.45) is 5.47. The van der Waals surface area contributed by atoms with Crippen LogP contribution in [-0.2, 0) is 0 Å². The van der Waals surface area contributed by atoms with E-state index < -0.39 is 0 Å². The van der Waals surface area contributed by atoms with E-state index in [1.54, 1.807) is 12.1 Å². The summed E-state index contributed by atoms with van der Waals surface area (Å²) < 4.78 is 0. The molecule has 0 saturated heterocycles. The van der Waals surface area contributed by atoms with E-state index in [1.807, 2.05) is 78.9 Å². The largest absolute Gasteiger partial charge is 0.508 e. The first-order valence-electron chi connectivity index (χ1n) is 12.2. The lowest BCUT2D eigenvalue weighted by atomic mass is 9.76. The van der Waals surface area contributed by atoms with Crippen LogP contribution in [0.25, 0.3) is 0 Å². The molecular formula is C31H27N3O2. The lowest BCUT2D eigenvalue weighted by Gasteiger charge is -2.38. The number of allylic oxidation sites excluding steroid dienone is 2. The van der Waals surface area contributed by atoms with Crippen LogP contribution >= 0.6 is 0 Å². The van der Waals surface area contributed by atoms with Gasteiger partial charge in [0.15, 0.2) is 0 Å². The SMILES string of the molecule is O=C(Nc1ccc(Nc2ccccc2)cc1)c1cccc2c1NC(c1ccc(O)cc1)C1CC=CC21. The number of rotatable bonds is 5. The van der Waals surface area contributed by atoms with Crippen molar-refractivity contribution in [2.24, 2.45) is 5.92 Å². The molecule has 5 nitrogen and oxygen atoms in total. The van der Waals surface area contributed by atoms with Crippen LogP contribution in [0, 0.1) is 5.92 Å². The first-order valence-corrected chi connectivity index (χ1v) is 12.2. The van der Waals surface area contributed by atoms with Crippen LogP contribution < -0.4 is 16.0 Å². The van der Waals surface area contributed by atoms with Crippen molar-refractivity contribution in [2.75, 3.05) is 16.0 Å². The predicted molar refractivity (Wildman–Crippen MR) is 145 cm³/mol. The van der Waals surface area contributed by atoms with Crippen molar-refractivity contribution in [3.05, 3.63) is 126 Å². The number of benzene rings is 4. The summed E-state index contributed by atoms with van der Waals surface area (Å²) >= 11 is 0. The number of anilines is 4. The lowest BCUT2D eigenvalue weighted by molar-refractivity contribution is 0.102. The van der Waals surface area contributed by atoms with Crippen LogP contribution in [-0.4, -0.2) is 11.0 Å². The Hall–Kier alpha value is -4.51. The zero-order valence-electron chi connectivity index (χ0n) is 19.7. The number of carbonyl (C=O) groups is 1. The van der Waals surface area contributed by atoms with E-state index in [4.69, 9.17) is 0 Å². The van der Waals surface area contributed by atoms with Gasteiger partial charge in [0.2, 0.25) is 0 Å². The number of hydrogen-bond donors (Lipinski definition) is 4. The number of para-hydroxylation sites is 2. The quantitative estimate of drug-likeness (QED) is 0.231. The number of phenols is 1. The van der Waals surface area contributed by atoms with E-state index in [9.17, 15) is 9.90 Å². The van der Waals surface area contributed by atoms with E-state index in [0.717, 1.165) is 40.3 Å². The third-order valence-corrected chi connectivity index (χ3v) is 7.10. The van der Waals surface area contributed by atoms with Crippen molar-refractivity contribution in [3.8, 4) is 5.75 Å². The van der Waals surface area contributed by atoms with Crippen LogP contribution in [0.4, 0.5) is 22.7 Å². The Morgan fingerprint density at radius 2 is 1.53 bits per heavy atom. The molecule has 0 bridgehead atoms. The fourth-order valence-electron chi connectivity index (χ4n) is 5.35. The van der Waals surface area contributed by atoms with Crippen molar-refractivity contribution in [3.63, 3.8) is 0 Å². The Morgan fingerprint density at radius 3 is 2.31 bits per heavy atom. The fourth-order valence-corrected chi connectivity index (χ4v) is 5.35. The third-order valence-electron chi connectivity index (χ3n) is 7.10. The minimum absolute atomic E-state index is 0.0513. The molecule has 4 aromatic carbocycles. The molecule has 1 aliphatic heterocycles. The molecule has 178 valence electrons. The van der Waals surface area contributed by atoms with Crippen molar-refractivity contribution < 1.29 is 9.90 Å². The van der Waals surface area contributed by atoms with Crippen molar-refractivity contribution >= 4 is 28.7 Å². The zero-order chi connectivity index (χ0) is 24.5. The topological polar surface area (TPSA) is 73.4 Å². The van der Waals surface area contributed by atoms with E-state index in [1.165, 1.54) is 0 Å². The second-order valence-corrected chi connectivity index (χ2v) is 9.36. The molecule has 2 aliphatic rings. The van der Waals surface area contributed by atoms with E-state index >= 15 is 0 Å².